The van der Waals surface area contributed by atoms with Crippen molar-refractivity contribution >= 4 is 28.8 Å². The zero-order valence-corrected chi connectivity index (χ0v) is 16.4. The minimum atomic E-state index is -0.265. The van der Waals surface area contributed by atoms with Crippen molar-refractivity contribution in [3.63, 3.8) is 0 Å². The van der Waals surface area contributed by atoms with Gasteiger partial charge in [0.2, 0.25) is 0 Å². The van der Waals surface area contributed by atoms with Crippen molar-refractivity contribution in [3.8, 4) is 0 Å². The highest BCUT2D eigenvalue weighted by Crippen LogP contribution is 2.31. The van der Waals surface area contributed by atoms with E-state index in [0.717, 1.165) is 35.1 Å². The Balaban J connectivity index is 1.73. The van der Waals surface area contributed by atoms with Crippen LogP contribution in [0.4, 0.5) is 15.8 Å². The van der Waals surface area contributed by atoms with Crippen molar-refractivity contribution in [1.29, 1.82) is 0 Å². The van der Waals surface area contributed by atoms with Gasteiger partial charge in [-0.15, -0.1) is 0 Å². The maximum atomic E-state index is 13.6. The number of piperidine rings is 1. The van der Waals surface area contributed by atoms with E-state index < -0.39 is 0 Å². The quantitative estimate of drug-likeness (QED) is 0.673. The van der Waals surface area contributed by atoms with Crippen molar-refractivity contribution in [3.05, 3.63) is 48.0 Å². The second kappa shape index (κ2) is 7.86. The molecule has 1 fully saturated rings. The van der Waals surface area contributed by atoms with Crippen LogP contribution in [-0.4, -0.2) is 32.9 Å². The first-order chi connectivity index (χ1) is 13.1. The number of aromatic nitrogens is 3. The molecule has 3 heterocycles. The number of hydrogen-bond acceptors (Lipinski definition) is 5. The Kier molecular flexibility index (Phi) is 5.31. The summed E-state index contributed by atoms with van der Waals surface area (Å²) in [6.07, 6.45) is 4.25. The van der Waals surface area contributed by atoms with Crippen LogP contribution in [0.25, 0.3) is 5.65 Å². The van der Waals surface area contributed by atoms with E-state index >= 15 is 0 Å². The molecule has 142 valence electrons. The highest BCUT2D eigenvalue weighted by atomic mass is 32.2. The topological polar surface area (TPSA) is 54.2 Å². The van der Waals surface area contributed by atoms with Crippen molar-refractivity contribution < 1.29 is 4.39 Å². The highest BCUT2D eigenvalue weighted by Gasteiger charge is 2.18. The average molecular weight is 386 g/mol. The summed E-state index contributed by atoms with van der Waals surface area (Å²) in [5, 5.41) is 13.1. The fraction of sp³-hybridized carbons (Fsp3) is 0.400. The SMILES string of the molecule is CC(C)c1cnc2c(Nc3cccc(F)c3)cc(SC3CCCNC3)nn12. The molecule has 5 nitrogen and oxygen atoms in total. The molecule has 3 aromatic rings. The number of rotatable bonds is 5. The fourth-order valence-electron chi connectivity index (χ4n) is 3.32. The Morgan fingerprint density at radius 1 is 1.33 bits per heavy atom. The van der Waals surface area contributed by atoms with Gasteiger partial charge in [-0.05, 0) is 49.6 Å². The van der Waals surface area contributed by atoms with Crippen molar-refractivity contribution in [2.45, 2.75) is 42.9 Å². The van der Waals surface area contributed by atoms with Gasteiger partial charge in [0, 0.05) is 17.5 Å². The fourth-order valence-corrected chi connectivity index (χ4v) is 4.46. The van der Waals surface area contributed by atoms with Gasteiger partial charge >= 0.3 is 0 Å². The van der Waals surface area contributed by atoms with Gasteiger partial charge in [0.25, 0.3) is 0 Å². The van der Waals surface area contributed by atoms with Gasteiger partial charge in [0.05, 0.1) is 17.6 Å². The molecular formula is C20H24FN5S. The second-order valence-corrected chi connectivity index (χ2v) is 8.51. The number of nitrogens with zero attached hydrogens (tertiary/aromatic N) is 3. The summed E-state index contributed by atoms with van der Waals surface area (Å²) in [4.78, 5) is 4.57. The molecule has 1 atom stereocenters. The molecule has 4 rings (SSSR count). The van der Waals surface area contributed by atoms with E-state index in [4.69, 9.17) is 5.10 Å². The highest BCUT2D eigenvalue weighted by molar-refractivity contribution is 7.99. The Morgan fingerprint density at radius 2 is 2.22 bits per heavy atom. The van der Waals surface area contributed by atoms with E-state index in [1.807, 2.05) is 22.8 Å². The van der Waals surface area contributed by atoms with Gasteiger partial charge in [0.1, 0.15) is 10.8 Å². The molecule has 1 saturated heterocycles. The largest absolute Gasteiger partial charge is 0.352 e. The van der Waals surface area contributed by atoms with Gasteiger partial charge in [-0.1, -0.05) is 31.7 Å². The van der Waals surface area contributed by atoms with E-state index in [0.29, 0.717) is 16.9 Å². The maximum absolute atomic E-state index is 13.6. The lowest BCUT2D eigenvalue weighted by atomic mass is 10.2. The number of anilines is 2. The van der Waals surface area contributed by atoms with Crippen LogP contribution in [0.15, 0.2) is 41.6 Å². The predicted octanol–water partition coefficient (Wildman–Crippen LogP) is 4.58. The molecule has 0 saturated carbocycles. The van der Waals surface area contributed by atoms with Gasteiger partial charge in [-0.2, -0.15) is 5.10 Å². The van der Waals surface area contributed by atoms with Crippen molar-refractivity contribution in [2.24, 2.45) is 0 Å². The summed E-state index contributed by atoms with van der Waals surface area (Å²) < 4.78 is 15.5. The second-order valence-electron chi connectivity index (χ2n) is 7.19. The Labute approximate surface area is 162 Å². The lowest BCUT2D eigenvalue weighted by Gasteiger charge is -2.22. The van der Waals surface area contributed by atoms with E-state index in [1.165, 1.54) is 25.0 Å². The van der Waals surface area contributed by atoms with Gasteiger partial charge in [-0.3, -0.25) is 0 Å². The predicted molar refractivity (Wildman–Crippen MR) is 109 cm³/mol. The molecule has 1 aliphatic rings. The molecule has 0 amide bonds. The van der Waals surface area contributed by atoms with Crippen molar-refractivity contribution in [1.82, 2.24) is 19.9 Å². The number of benzene rings is 1. The molecule has 1 aliphatic heterocycles. The first-order valence-electron chi connectivity index (χ1n) is 9.39. The number of imidazole rings is 1. The zero-order chi connectivity index (χ0) is 18.8. The Hall–Kier alpha value is -2.12. The number of halogens is 1. The van der Waals surface area contributed by atoms with Crippen LogP contribution in [0, 0.1) is 5.82 Å². The van der Waals surface area contributed by atoms with Crippen LogP contribution in [0.1, 0.15) is 38.3 Å². The van der Waals surface area contributed by atoms with Crippen molar-refractivity contribution in [2.75, 3.05) is 18.4 Å². The standard InChI is InChI=1S/C20H24FN5S/c1-13(2)18-12-23-20-17(24-15-6-3-5-14(21)9-15)10-19(25-26(18)20)27-16-7-4-8-22-11-16/h3,5-6,9-10,12-13,16,22,24H,4,7-8,11H2,1-2H3. The van der Waals surface area contributed by atoms with Gasteiger partial charge in [0.15, 0.2) is 5.65 Å². The minimum absolute atomic E-state index is 0.265. The Morgan fingerprint density at radius 3 is 2.96 bits per heavy atom. The third-order valence-corrected chi connectivity index (χ3v) is 5.88. The summed E-state index contributed by atoms with van der Waals surface area (Å²) in [7, 11) is 0. The maximum Gasteiger partial charge on any atom is 0.177 e. The monoisotopic (exact) mass is 385 g/mol. The van der Waals surface area contributed by atoms with Crippen LogP contribution in [0.3, 0.4) is 0 Å². The number of thioether (sulfide) groups is 1. The van der Waals surface area contributed by atoms with Gasteiger partial charge in [-0.25, -0.2) is 13.9 Å². The molecule has 0 spiro atoms. The number of hydrogen-bond donors (Lipinski definition) is 2. The molecular weight excluding hydrogens is 361 g/mol. The van der Waals surface area contributed by atoms with Crippen LogP contribution in [0.5, 0.6) is 0 Å². The lowest BCUT2D eigenvalue weighted by Crippen LogP contribution is -2.31. The van der Waals surface area contributed by atoms with Crippen LogP contribution >= 0.6 is 11.8 Å². The summed E-state index contributed by atoms with van der Waals surface area (Å²) >= 11 is 1.79. The van der Waals surface area contributed by atoms with E-state index in [1.54, 1.807) is 17.8 Å². The molecule has 7 heteroatoms. The summed E-state index contributed by atoms with van der Waals surface area (Å²) in [5.74, 6) is 0.0466. The smallest absolute Gasteiger partial charge is 0.177 e. The van der Waals surface area contributed by atoms with Gasteiger partial charge < -0.3 is 10.6 Å². The molecule has 2 aromatic heterocycles. The third-order valence-electron chi connectivity index (χ3n) is 4.71. The Bertz CT molecular complexity index is 933. The van der Waals surface area contributed by atoms with E-state index in [-0.39, 0.29) is 5.82 Å². The van der Waals surface area contributed by atoms with E-state index in [9.17, 15) is 4.39 Å². The first-order valence-corrected chi connectivity index (χ1v) is 10.3. The van der Waals surface area contributed by atoms with Crippen LogP contribution in [-0.2, 0) is 0 Å². The first kappa shape index (κ1) is 18.3. The summed E-state index contributed by atoms with van der Waals surface area (Å²) in [6.45, 7) is 6.36. The molecule has 0 bridgehead atoms. The molecule has 0 radical (unpaired) electrons. The average Bonchev–Trinajstić information content (AvgIpc) is 3.07. The summed E-state index contributed by atoms with van der Waals surface area (Å²) in [5.41, 5.74) is 3.37. The van der Waals surface area contributed by atoms with Crippen LogP contribution in [0.2, 0.25) is 0 Å². The lowest BCUT2D eigenvalue weighted by molar-refractivity contribution is 0.531. The molecule has 2 N–H and O–H groups in total. The summed E-state index contributed by atoms with van der Waals surface area (Å²) in [6, 6.07) is 8.50. The number of nitrogens with one attached hydrogen (secondary N) is 2. The molecule has 27 heavy (non-hydrogen) atoms. The normalized spacial score (nSPS) is 17.6. The third kappa shape index (κ3) is 4.09. The molecule has 0 aliphatic carbocycles. The zero-order valence-electron chi connectivity index (χ0n) is 15.6. The minimum Gasteiger partial charge on any atom is -0.352 e. The molecule has 1 aromatic carbocycles. The number of fused-ring (bicyclic) bond motifs is 1. The molecule has 1 unspecified atom stereocenters. The van der Waals surface area contributed by atoms with E-state index in [2.05, 4.69) is 29.5 Å². The van der Waals surface area contributed by atoms with Crippen LogP contribution < -0.4 is 10.6 Å².